The largest absolute Gasteiger partial charge is 0.398 e. The molecule has 0 amide bonds. The highest BCUT2D eigenvalue weighted by Gasteiger charge is 2.45. The summed E-state index contributed by atoms with van der Waals surface area (Å²) in [6.45, 7) is 28.3. The molecule has 0 radical (unpaired) electrons. The number of hydrogen-bond donors (Lipinski definition) is 1. The molecule has 80 heavy (non-hydrogen) atoms. The molecule has 438 valence electrons. The second-order valence-corrected chi connectivity index (χ2v) is 24.4. The predicted octanol–water partition coefficient (Wildman–Crippen LogP) is 13.1. The van der Waals surface area contributed by atoms with E-state index >= 15 is 0 Å². The van der Waals surface area contributed by atoms with Crippen LogP contribution >= 0.6 is 0 Å². The van der Waals surface area contributed by atoms with Crippen LogP contribution in [0.2, 0.25) is 0 Å². The number of aryl methyl sites for hydroxylation is 5. The summed E-state index contributed by atoms with van der Waals surface area (Å²) in [6.07, 6.45) is 21.0. The Hall–Kier alpha value is -5.26. The van der Waals surface area contributed by atoms with E-state index in [2.05, 4.69) is 90.0 Å². The van der Waals surface area contributed by atoms with Gasteiger partial charge in [0.15, 0.2) is 0 Å². The summed E-state index contributed by atoms with van der Waals surface area (Å²) in [5.41, 5.74) is 21.2. The first-order chi connectivity index (χ1) is 38.5. The molecule has 0 bridgehead atoms. The Morgan fingerprint density at radius 3 is 2.34 bits per heavy atom. The smallest absolute Gasteiger partial charge is 0.136 e. The maximum atomic E-state index is 14.2. The molecule has 11 rings (SSSR count). The quantitative estimate of drug-likeness (QED) is 0.134. The minimum Gasteiger partial charge on any atom is -0.398 e. The summed E-state index contributed by atoms with van der Waals surface area (Å²) >= 11 is 0. The molecule has 3 saturated heterocycles. The lowest BCUT2D eigenvalue weighted by Gasteiger charge is -2.44. The lowest BCUT2D eigenvalue weighted by atomic mass is 9.61. The molecule has 4 aromatic rings. The number of likely N-dealkylation sites (tertiary alicyclic amines) is 1. The predicted molar refractivity (Wildman–Crippen MR) is 325 cm³/mol. The fourth-order valence-electron chi connectivity index (χ4n) is 14.0. The average Bonchev–Trinajstić information content (AvgIpc) is 4.26. The Morgan fingerprint density at radius 1 is 0.887 bits per heavy atom. The molecule has 5 unspecified atom stereocenters. The van der Waals surface area contributed by atoms with Crippen molar-refractivity contribution in [2.45, 2.75) is 233 Å². The van der Waals surface area contributed by atoms with Gasteiger partial charge in [-0.1, -0.05) is 78.7 Å². The van der Waals surface area contributed by atoms with Gasteiger partial charge in [0.1, 0.15) is 41.6 Å². The Balaban J connectivity index is 0.000000222. The molecule has 2 N–H and O–H groups in total. The number of allylic oxidation sites excluding steroid dienone is 2. The fraction of sp³-hybridized carbons (Fsp3) is 0.667. The van der Waals surface area contributed by atoms with E-state index < -0.39 is 12.3 Å². The van der Waals surface area contributed by atoms with E-state index in [0.29, 0.717) is 49.6 Å². The second kappa shape index (κ2) is 28.1. The monoisotopic (exact) mass is 1100 g/mol. The number of nitrogens with two attached hydrogens (primary N) is 1. The van der Waals surface area contributed by atoms with Gasteiger partial charge in [-0.15, -0.1) is 0 Å². The summed E-state index contributed by atoms with van der Waals surface area (Å²) in [5, 5.41) is 15.1. The molecule has 3 aliphatic carbocycles. The first-order valence-electron chi connectivity index (χ1n) is 31.1. The lowest BCUT2D eigenvalue weighted by Crippen LogP contribution is -2.39. The number of alkyl halides is 2. The van der Waals surface area contributed by atoms with Crippen LogP contribution in [0.1, 0.15) is 208 Å². The minimum atomic E-state index is -0.765. The first kappa shape index (κ1) is 62.3. The Morgan fingerprint density at radius 2 is 1.64 bits per heavy atom. The van der Waals surface area contributed by atoms with E-state index in [0.717, 1.165) is 142 Å². The number of aromatic nitrogens is 6. The van der Waals surface area contributed by atoms with E-state index in [9.17, 15) is 14.0 Å². The number of benzene rings is 1. The lowest BCUT2D eigenvalue weighted by molar-refractivity contribution is 0.217. The van der Waals surface area contributed by atoms with Crippen LogP contribution in [0.15, 0.2) is 42.1 Å². The Labute approximate surface area is 481 Å². The van der Waals surface area contributed by atoms with Gasteiger partial charge in [-0.05, 0) is 165 Å². The van der Waals surface area contributed by atoms with Crippen molar-refractivity contribution in [1.29, 1.82) is 5.26 Å². The third-order valence-corrected chi connectivity index (χ3v) is 18.4. The summed E-state index contributed by atoms with van der Waals surface area (Å²) in [4.78, 5) is 28.8. The van der Waals surface area contributed by atoms with Crippen molar-refractivity contribution in [1.82, 2.24) is 44.4 Å². The number of halogens is 2. The highest BCUT2D eigenvalue weighted by Crippen LogP contribution is 2.50. The highest BCUT2D eigenvalue weighted by atomic mass is 19.1. The van der Waals surface area contributed by atoms with Gasteiger partial charge in [-0.25, -0.2) is 28.7 Å². The van der Waals surface area contributed by atoms with Crippen LogP contribution in [0.5, 0.6) is 0 Å². The van der Waals surface area contributed by atoms with E-state index in [1.165, 1.54) is 60.9 Å². The zero-order valence-electron chi connectivity index (χ0n) is 51.5. The van der Waals surface area contributed by atoms with Crippen molar-refractivity contribution in [3.8, 4) is 6.07 Å². The molecule has 7 heterocycles. The molecule has 1 aromatic carbocycles. The number of anilines is 2. The molecule has 12 nitrogen and oxygen atoms in total. The Kier molecular flexibility index (Phi) is 21.9. The maximum Gasteiger partial charge on any atom is 0.136 e. The van der Waals surface area contributed by atoms with Crippen molar-refractivity contribution in [3.05, 3.63) is 104 Å². The van der Waals surface area contributed by atoms with Crippen molar-refractivity contribution >= 4 is 17.2 Å². The third-order valence-electron chi connectivity index (χ3n) is 18.4. The third kappa shape index (κ3) is 14.3. The number of nitrogen functional groups attached to an aromatic ring is 1. The Bertz CT molecular complexity index is 2790. The van der Waals surface area contributed by atoms with Crippen molar-refractivity contribution < 1.29 is 8.78 Å². The summed E-state index contributed by atoms with van der Waals surface area (Å²) < 4.78 is 29.2. The first-order valence-corrected chi connectivity index (χ1v) is 31.1. The van der Waals surface area contributed by atoms with E-state index in [4.69, 9.17) is 25.8 Å². The van der Waals surface area contributed by atoms with Crippen LogP contribution in [0, 0.1) is 17.2 Å². The number of fused-ring (bicyclic) bond motifs is 6. The normalized spacial score (nSPS) is 25.3. The number of nitriles is 1. The van der Waals surface area contributed by atoms with E-state index in [1.54, 1.807) is 11.1 Å². The minimum absolute atomic E-state index is 0.157. The van der Waals surface area contributed by atoms with Gasteiger partial charge >= 0.3 is 0 Å². The number of rotatable bonds is 8. The van der Waals surface area contributed by atoms with Crippen LogP contribution in [-0.4, -0.2) is 116 Å². The van der Waals surface area contributed by atoms with Gasteiger partial charge < -0.3 is 20.4 Å². The topological polar surface area (TPSA) is 132 Å². The summed E-state index contributed by atoms with van der Waals surface area (Å²) in [7, 11) is 6.01. The van der Waals surface area contributed by atoms with Gasteiger partial charge in [0, 0.05) is 94.0 Å². The van der Waals surface area contributed by atoms with E-state index in [1.807, 2.05) is 59.8 Å². The SMILES string of the molecule is C=C(c1cc2n(n1)CCCN(c1nc(CCC3CC(F)CN3C)nc3c1CCC1(CCCc4ccc(N)c(C#N)c41)C3)C2)N(C)C.CC.CC.CC12CCCN1CC(F)C2.CCc1ncc2c(n1)C/C(C(C)C)=C(/C)CCCCC2. The molecule has 0 saturated carbocycles. The molecule has 3 fully saturated rings. The van der Waals surface area contributed by atoms with Gasteiger partial charge in [0.05, 0.1) is 34.9 Å². The van der Waals surface area contributed by atoms with Crippen molar-refractivity contribution in [3.63, 3.8) is 0 Å². The van der Waals surface area contributed by atoms with Crippen molar-refractivity contribution in [2.24, 2.45) is 5.92 Å². The summed E-state index contributed by atoms with van der Waals surface area (Å²) in [5.74, 6) is 3.47. The van der Waals surface area contributed by atoms with Crippen molar-refractivity contribution in [2.75, 3.05) is 58.0 Å². The van der Waals surface area contributed by atoms with Gasteiger partial charge in [0.25, 0.3) is 0 Å². The van der Waals surface area contributed by atoms with Crippen LogP contribution in [-0.2, 0) is 63.5 Å². The molecule has 7 aliphatic rings. The zero-order valence-corrected chi connectivity index (χ0v) is 51.5. The number of hydrogen-bond acceptors (Lipinski definition) is 11. The van der Waals surface area contributed by atoms with Gasteiger partial charge in [0.2, 0.25) is 0 Å². The molecule has 1 spiro atoms. The molecule has 3 aromatic heterocycles. The molecule has 14 heteroatoms. The van der Waals surface area contributed by atoms with E-state index in [-0.39, 0.29) is 17.0 Å². The zero-order chi connectivity index (χ0) is 57.9. The van der Waals surface area contributed by atoms with Gasteiger partial charge in [-0.2, -0.15) is 10.4 Å². The van der Waals surface area contributed by atoms with Crippen LogP contribution < -0.4 is 10.6 Å². The number of nitrogens with zero attached hydrogens (tertiary/aromatic N) is 11. The molecule has 5 atom stereocenters. The van der Waals surface area contributed by atoms with Crippen LogP contribution in [0.4, 0.5) is 20.3 Å². The average molecular weight is 1100 g/mol. The van der Waals surface area contributed by atoms with Gasteiger partial charge in [-0.3, -0.25) is 9.58 Å². The second-order valence-electron chi connectivity index (χ2n) is 24.4. The molecular weight excluding hydrogens is 999 g/mol. The molecule has 4 aliphatic heterocycles. The maximum absolute atomic E-state index is 14.2. The van der Waals surface area contributed by atoms with Crippen LogP contribution in [0.3, 0.4) is 0 Å². The fourth-order valence-corrected chi connectivity index (χ4v) is 14.0. The summed E-state index contributed by atoms with van der Waals surface area (Å²) in [6, 6.07) is 8.87. The highest BCUT2D eigenvalue weighted by molar-refractivity contribution is 5.64. The standard InChI is InChI=1S/C36H46FN9.C18H28N2.C8H14FN.2C2H6/c1-23(43(2)3)31-18-27-22-45(15-6-16-46(27)42-31)35-28-12-14-36(13-5-7-24-8-10-30(39)29(20-38)34(24)36)19-32(28)40-33(41-35)11-9-26-17-25(37)21-44(26)4;1-5-18-19-12-15-10-8-6-7-9-14(4)16(13(2)3)11-17(15)20-18;1-8-3-2-4-10(8)6-7(9)5-8;2*1-2/h8,10,18,25-26H,1,5-7,9,11-17,19,21-22,39H2,2-4H3;12-13H,5-11H2,1-4H3;7H,2-6H2,1H3;2*1-2H3/b;16-14+;;;. The van der Waals surface area contributed by atoms with Crippen LogP contribution in [0.25, 0.3) is 5.70 Å². The molecular formula is C66H100F2N12.